The summed E-state index contributed by atoms with van der Waals surface area (Å²) in [6.45, 7) is -4.84. The van der Waals surface area contributed by atoms with Gasteiger partial charge in [-0.1, -0.05) is 81.6 Å². The first-order valence-electron chi connectivity index (χ1n) is 21.2. The summed E-state index contributed by atoms with van der Waals surface area (Å²) in [7, 11) is 0. The molecule has 2 heterocycles. The number of aromatic nitrogens is 4. The van der Waals surface area contributed by atoms with Crippen LogP contribution in [0.3, 0.4) is 0 Å². The molecular weight excluding hydrogens is 888 g/mol. The minimum atomic E-state index is -2.77. The fraction of sp³-hybridized carbons (Fsp3) is 0.607. The molecular formula is C28H48ClI3N4O5. The summed E-state index contributed by atoms with van der Waals surface area (Å²) in [6, 6.07) is -2.21. The van der Waals surface area contributed by atoms with E-state index in [-0.39, 0.29) is 18.0 Å². The van der Waals surface area contributed by atoms with Crippen LogP contribution in [0, 0.1) is 27.4 Å². The quantitative estimate of drug-likeness (QED) is 0.127. The highest BCUT2D eigenvalue weighted by atomic mass is 127. The van der Waals surface area contributed by atoms with Crippen LogP contribution in [0.4, 0.5) is 0 Å². The fourth-order valence-electron chi connectivity index (χ4n) is 1.11. The summed E-state index contributed by atoms with van der Waals surface area (Å²) in [5, 5.41) is 7.18. The van der Waals surface area contributed by atoms with Gasteiger partial charge in [0.15, 0.2) is 0 Å². The second-order valence-electron chi connectivity index (χ2n) is 6.40. The van der Waals surface area contributed by atoms with E-state index in [0.29, 0.717) is 6.61 Å². The van der Waals surface area contributed by atoms with Crippen LogP contribution in [0.25, 0.3) is 0 Å². The van der Waals surface area contributed by atoms with Crippen molar-refractivity contribution in [2.75, 3.05) is 11.0 Å². The second kappa shape index (κ2) is 35.6. The minimum Gasteiger partial charge on any atom is -0.479 e. The topological polar surface area (TPSA) is 143 Å². The Bertz CT molecular complexity index is 1470. The third-order valence-corrected chi connectivity index (χ3v) is 5.30. The van der Waals surface area contributed by atoms with E-state index < -0.39 is 93.1 Å². The van der Waals surface area contributed by atoms with Crippen molar-refractivity contribution in [1.82, 2.24) is 19.9 Å². The molecule has 2 aromatic heterocycles. The summed E-state index contributed by atoms with van der Waals surface area (Å²) in [6.07, 6.45) is 2.67. The molecule has 2 aromatic rings. The molecule has 0 saturated heterocycles. The van der Waals surface area contributed by atoms with E-state index in [1.165, 1.54) is 31.1 Å². The van der Waals surface area contributed by atoms with E-state index >= 15 is 0 Å². The maximum Gasteiger partial charge on any atom is 0.314 e. The van der Waals surface area contributed by atoms with Crippen molar-refractivity contribution in [2.45, 2.75) is 97.0 Å². The molecule has 41 heavy (non-hydrogen) atoms. The number of Topliss-reactive ketones (excluding diaryl/α,β-unsaturated/α-hetero) is 3. The normalized spacial score (nSPS) is 17.0. The van der Waals surface area contributed by atoms with Gasteiger partial charge in [-0.15, -0.1) is 0 Å². The largest absolute Gasteiger partial charge is 0.479 e. The molecule has 0 aliphatic rings. The lowest BCUT2D eigenvalue weighted by atomic mass is 10.2. The predicted molar refractivity (Wildman–Crippen MR) is 196 cm³/mol. The van der Waals surface area contributed by atoms with E-state index in [1.807, 2.05) is 0 Å². The Kier molecular flexibility index (Phi) is 17.8. The maximum absolute atomic E-state index is 10.1. The maximum atomic E-state index is 10.1. The van der Waals surface area contributed by atoms with Crippen molar-refractivity contribution in [1.29, 1.82) is 2.86 Å². The lowest BCUT2D eigenvalue weighted by Gasteiger charge is -1.93. The first kappa shape index (κ1) is 20.4. The van der Waals surface area contributed by atoms with Crippen LogP contribution in [0.1, 0.15) is 115 Å². The highest BCUT2D eigenvalue weighted by Gasteiger charge is 1.95. The third kappa shape index (κ3) is 59.6. The fourth-order valence-corrected chi connectivity index (χ4v) is 1.28. The molecule has 0 spiro atoms. The van der Waals surface area contributed by atoms with Gasteiger partial charge in [0.1, 0.15) is 17.3 Å². The van der Waals surface area contributed by atoms with Gasteiger partial charge in [0.2, 0.25) is 6.71 Å². The summed E-state index contributed by atoms with van der Waals surface area (Å²) in [4.78, 5) is 43.5. The van der Waals surface area contributed by atoms with Crippen LogP contribution in [-0.4, -0.2) is 63.3 Å². The van der Waals surface area contributed by atoms with Crippen molar-refractivity contribution in [3.8, 4) is 6.01 Å². The summed E-state index contributed by atoms with van der Waals surface area (Å²) < 4.78 is 140. The van der Waals surface area contributed by atoms with E-state index in [4.69, 9.17) is 39.1 Å². The van der Waals surface area contributed by atoms with Gasteiger partial charge in [-0.05, 0) is 103 Å². The number of rotatable bonds is 6. The first-order valence-corrected chi connectivity index (χ1v) is 15.5. The number of aromatic hydroxyl groups is 1. The average molecular weight is 957 g/mol. The number of ketones is 3. The number of aliphatic hydroxyl groups is 1. The number of alkyl halides is 3. The van der Waals surface area contributed by atoms with Crippen LogP contribution in [0.5, 0.6) is 6.01 Å². The zero-order chi connectivity index (χ0) is 49.9. The van der Waals surface area contributed by atoms with Crippen LogP contribution >= 0.6 is 79.4 Å². The highest BCUT2D eigenvalue weighted by molar-refractivity contribution is 14.2. The van der Waals surface area contributed by atoms with Gasteiger partial charge < -0.3 is 15.0 Å². The molecule has 0 fully saturated rings. The van der Waals surface area contributed by atoms with E-state index in [9.17, 15) is 14.4 Å². The first-order chi connectivity index (χ1) is 27.4. The lowest BCUT2D eigenvalue weighted by Crippen LogP contribution is -1.97. The van der Waals surface area contributed by atoms with Crippen LogP contribution in [0.2, 0.25) is 5.28 Å². The Labute approximate surface area is 321 Å². The summed E-state index contributed by atoms with van der Waals surface area (Å²) in [5.74, 6) is -1.11. The predicted octanol–water partition coefficient (Wildman–Crippen LogP) is 8.12. The minimum absolute atomic E-state index is 0.0625. The Hall–Kier alpha value is -0.590. The van der Waals surface area contributed by atoms with E-state index in [2.05, 4.69) is 112 Å². The number of hydrogen-bond donors (Lipinski definition) is 2. The van der Waals surface area contributed by atoms with Gasteiger partial charge in [0.25, 0.3) is 1.43 Å². The molecule has 0 unspecified atom stereocenters. The molecule has 2 N–H and O–H groups in total. The molecule has 0 atom stereocenters. The van der Waals surface area contributed by atoms with Crippen LogP contribution in [0.15, 0.2) is 12.1 Å². The van der Waals surface area contributed by atoms with Gasteiger partial charge in [-0.2, -0.15) is 0 Å². The molecule has 0 amide bonds. The number of carbonyl (C=O) groups excluding carboxylic acids is 3. The zero-order valence-corrected chi connectivity index (χ0v) is 30.3. The molecule has 0 saturated carbocycles. The Morgan fingerprint density at radius 3 is 1.46 bits per heavy atom. The number of halogens is 4. The van der Waals surface area contributed by atoms with Gasteiger partial charge in [0.05, 0.1) is 11.1 Å². The highest BCUT2D eigenvalue weighted by Crippen LogP contribution is 2.11. The number of carbonyl (C=O) groups is 3. The Morgan fingerprint density at radius 1 is 0.927 bits per heavy atom. The molecule has 0 radical (unpaired) electrons. The van der Waals surface area contributed by atoms with Crippen molar-refractivity contribution in [3.05, 3.63) is 40.1 Å². The lowest BCUT2D eigenvalue weighted by molar-refractivity contribution is -0.124. The van der Waals surface area contributed by atoms with Crippen molar-refractivity contribution >= 4 is 96.7 Å². The number of nitrogens with zero attached hydrogens (tertiary/aromatic N) is 4. The smallest absolute Gasteiger partial charge is 0.314 e. The molecule has 238 valence electrons. The Morgan fingerprint density at radius 2 is 1.29 bits per heavy atom. The van der Waals surface area contributed by atoms with Crippen molar-refractivity contribution in [2.24, 2.45) is 0 Å². The second-order valence-corrected chi connectivity index (χ2v) is 13.2. The van der Waals surface area contributed by atoms with Gasteiger partial charge >= 0.3 is 6.01 Å². The van der Waals surface area contributed by atoms with Gasteiger partial charge in [0, 0.05) is 51.3 Å². The zero-order valence-electron chi connectivity index (χ0n) is 43.1. The molecule has 0 aliphatic heterocycles. The third-order valence-electron chi connectivity index (χ3n) is 2.29. The molecule has 2 rings (SSSR count). The monoisotopic (exact) mass is 956 g/mol. The molecule has 13 heteroatoms. The number of hydrogen-bond acceptors (Lipinski definition) is 9. The standard InChI is InChI=1S/C6H7ClN2.C6H8N2O.C5H8O2.C3H6I2.C3H7I.C3H6O.C2H6O/c1-4-3-5(2)9-6(7)8-4;1-4-3-5(2)8-6(9)7-4;1-4(6)3-5(2)7;1-2-3(4)5;1-2-3-4;1-3(2)4;1-2-3/h3H,1-2H3;3H,1-2H3,(H,7,8,9);3H2,1-2H3;3H,2H2,1H3;2-3H2,1H3;1-2H3;3H,2H2,1H3/i2*1D3,2D3,3D;;;;1D2,2D2;3D/hD. The summed E-state index contributed by atoms with van der Waals surface area (Å²) >= 11 is 12.6. The number of aliphatic hydroxyl groups excluding tert-OH is 1. The molecule has 0 bridgehead atoms. The van der Waals surface area contributed by atoms with Crippen LogP contribution < -0.4 is 0 Å². The average Bonchev–Trinajstić information content (AvgIpc) is 3.10. The van der Waals surface area contributed by atoms with E-state index in [1.54, 1.807) is 6.92 Å². The van der Waals surface area contributed by atoms with E-state index in [0.717, 1.165) is 1.93 Å². The van der Waals surface area contributed by atoms with Crippen LogP contribution in [-0.2, 0) is 14.4 Å². The molecule has 0 aromatic carbocycles. The van der Waals surface area contributed by atoms with Gasteiger partial charge in [-0.3, -0.25) is 9.59 Å². The summed E-state index contributed by atoms with van der Waals surface area (Å²) in [5.41, 5.74) is -2.81. The number of aryl methyl sites for hydroxylation is 4. The van der Waals surface area contributed by atoms with Gasteiger partial charge in [-0.25, -0.2) is 19.9 Å². The Balaban J connectivity index is -0.000000217. The van der Waals surface area contributed by atoms with Crippen molar-refractivity contribution < 1.29 is 49.3 Å². The van der Waals surface area contributed by atoms with Crippen molar-refractivity contribution in [3.63, 3.8) is 0 Å². The molecule has 9 nitrogen and oxygen atoms in total. The molecule has 0 aliphatic carbocycles. The SMILES string of the molecule is CC(=O)CC(C)=O.CCC(I)I.CCCI.[2H]C([2H])C(=O)C([2H])[2H].[2H]OCC.[2H]Oc1nc(C([2H])([2H])[2H])c([2H])c(C([2H])([2H])[2H])n1.[2H]c1c(C([2H])([2H])[2H])nc(Cl)nc1C([2H])([2H])[2H].